The molecule has 1 saturated heterocycles. The zero-order valence-corrected chi connectivity index (χ0v) is 17.2. The number of nitrogens with one attached hydrogen (secondary N) is 1. The standard InChI is InChI=1S/C19H21Cl2F3N2O3/c1-11(3-4-12-5-6-14(20)15(21)9-12)25-17(28)13-10-26(18(29)16(13)27)8-2-7-19(22,23)24/h5-6,9,11,13H,2-4,7-8,10H2,1H3,(H,25,28). The van der Waals surface area contributed by atoms with Crippen LogP contribution in [0.3, 0.4) is 0 Å². The van der Waals surface area contributed by atoms with Crippen molar-refractivity contribution in [3.05, 3.63) is 33.8 Å². The number of Topliss-reactive ketones (excluding diaryl/α,β-unsaturated/α-hetero) is 1. The highest BCUT2D eigenvalue weighted by Crippen LogP contribution is 2.24. The molecule has 1 fully saturated rings. The van der Waals surface area contributed by atoms with Gasteiger partial charge < -0.3 is 10.2 Å². The van der Waals surface area contributed by atoms with Gasteiger partial charge >= 0.3 is 6.18 Å². The molecule has 5 nitrogen and oxygen atoms in total. The van der Waals surface area contributed by atoms with Crippen LogP contribution in [0.5, 0.6) is 0 Å². The van der Waals surface area contributed by atoms with E-state index in [-0.39, 0.29) is 25.6 Å². The third-order valence-corrected chi connectivity index (χ3v) is 5.40. The van der Waals surface area contributed by atoms with Crippen LogP contribution < -0.4 is 5.32 Å². The highest BCUT2D eigenvalue weighted by atomic mass is 35.5. The van der Waals surface area contributed by atoms with Crippen molar-refractivity contribution in [2.24, 2.45) is 5.92 Å². The number of likely N-dealkylation sites (tertiary alicyclic amines) is 1. The number of aryl methyl sites for hydroxylation is 1. The number of carbonyl (C=O) groups excluding carboxylic acids is 3. The topological polar surface area (TPSA) is 66.5 Å². The van der Waals surface area contributed by atoms with E-state index in [4.69, 9.17) is 23.2 Å². The number of hydrogen-bond donors (Lipinski definition) is 1. The van der Waals surface area contributed by atoms with Gasteiger partial charge in [-0.1, -0.05) is 29.3 Å². The summed E-state index contributed by atoms with van der Waals surface area (Å²) in [4.78, 5) is 37.4. The number of hydrogen-bond acceptors (Lipinski definition) is 3. The van der Waals surface area contributed by atoms with E-state index in [1.165, 1.54) is 0 Å². The lowest BCUT2D eigenvalue weighted by molar-refractivity contribution is -0.144. The molecule has 0 radical (unpaired) electrons. The van der Waals surface area contributed by atoms with Crippen LogP contribution in [0.4, 0.5) is 13.2 Å². The molecule has 10 heteroatoms. The predicted octanol–water partition coefficient (Wildman–Crippen LogP) is 3.80. The quantitative estimate of drug-likeness (QED) is 0.481. The first-order valence-electron chi connectivity index (χ1n) is 9.12. The molecule has 29 heavy (non-hydrogen) atoms. The van der Waals surface area contributed by atoms with E-state index in [1.54, 1.807) is 19.1 Å². The van der Waals surface area contributed by atoms with Crippen LogP contribution in [0, 0.1) is 5.92 Å². The number of alkyl halides is 3. The molecule has 2 unspecified atom stereocenters. The van der Waals surface area contributed by atoms with Gasteiger partial charge in [-0.3, -0.25) is 14.4 Å². The molecule has 0 aromatic heterocycles. The summed E-state index contributed by atoms with van der Waals surface area (Å²) in [6, 6.07) is 4.95. The van der Waals surface area contributed by atoms with Gasteiger partial charge in [-0.25, -0.2) is 0 Å². The van der Waals surface area contributed by atoms with Crippen molar-refractivity contribution in [2.45, 2.75) is 44.8 Å². The van der Waals surface area contributed by atoms with Gasteiger partial charge in [-0.15, -0.1) is 0 Å². The summed E-state index contributed by atoms with van der Waals surface area (Å²) in [5.74, 6) is -3.58. The van der Waals surface area contributed by atoms with Gasteiger partial charge in [0.15, 0.2) is 0 Å². The average molecular weight is 453 g/mol. The van der Waals surface area contributed by atoms with E-state index in [1.807, 2.05) is 6.07 Å². The second-order valence-corrected chi connectivity index (χ2v) is 7.90. The molecule has 2 rings (SSSR count). The second-order valence-electron chi connectivity index (χ2n) is 7.08. The fourth-order valence-corrected chi connectivity index (χ4v) is 3.37. The Kier molecular flexibility index (Phi) is 7.94. The van der Waals surface area contributed by atoms with Gasteiger partial charge in [0.25, 0.3) is 5.91 Å². The molecule has 0 aliphatic carbocycles. The molecule has 1 aromatic rings. The van der Waals surface area contributed by atoms with E-state index in [2.05, 4.69) is 5.32 Å². The molecule has 2 atom stereocenters. The second kappa shape index (κ2) is 9.80. The number of ketones is 1. The Morgan fingerprint density at radius 1 is 1.28 bits per heavy atom. The first-order chi connectivity index (χ1) is 13.5. The summed E-state index contributed by atoms with van der Waals surface area (Å²) < 4.78 is 36.7. The van der Waals surface area contributed by atoms with Gasteiger partial charge in [0.1, 0.15) is 5.92 Å². The summed E-state index contributed by atoms with van der Waals surface area (Å²) in [5.41, 5.74) is 0.934. The Labute approximate surface area is 176 Å². The van der Waals surface area contributed by atoms with Crippen molar-refractivity contribution in [2.75, 3.05) is 13.1 Å². The molecule has 1 aliphatic rings. The van der Waals surface area contributed by atoms with Gasteiger partial charge in [-0.05, 0) is 43.9 Å². The van der Waals surface area contributed by atoms with Crippen LogP contribution in [-0.4, -0.2) is 47.8 Å². The van der Waals surface area contributed by atoms with Crippen molar-refractivity contribution in [1.29, 1.82) is 0 Å². The third kappa shape index (κ3) is 6.89. The molecule has 1 N–H and O–H groups in total. The van der Waals surface area contributed by atoms with Gasteiger partial charge in [-0.2, -0.15) is 13.2 Å². The van der Waals surface area contributed by atoms with Crippen molar-refractivity contribution >= 4 is 40.8 Å². The van der Waals surface area contributed by atoms with E-state index in [0.29, 0.717) is 22.9 Å². The smallest absolute Gasteiger partial charge is 0.353 e. The minimum atomic E-state index is -4.33. The predicted molar refractivity (Wildman–Crippen MR) is 103 cm³/mol. The zero-order valence-electron chi connectivity index (χ0n) is 15.7. The Bertz CT molecular complexity index is 786. The number of nitrogens with zero attached hydrogens (tertiary/aromatic N) is 1. The minimum absolute atomic E-state index is 0.194. The van der Waals surface area contributed by atoms with E-state index < -0.39 is 36.1 Å². The van der Waals surface area contributed by atoms with Crippen molar-refractivity contribution in [3.63, 3.8) is 0 Å². The van der Waals surface area contributed by atoms with Crippen LogP contribution in [0.25, 0.3) is 0 Å². The number of amides is 2. The fraction of sp³-hybridized carbons (Fsp3) is 0.526. The lowest BCUT2D eigenvalue weighted by Crippen LogP contribution is -2.40. The SMILES string of the molecule is CC(CCc1ccc(Cl)c(Cl)c1)NC(=O)C1CN(CCCC(F)(F)F)C(=O)C1=O. The molecule has 1 heterocycles. The highest BCUT2D eigenvalue weighted by Gasteiger charge is 2.43. The fourth-order valence-electron chi connectivity index (χ4n) is 3.05. The van der Waals surface area contributed by atoms with Crippen LogP contribution in [0.2, 0.25) is 10.0 Å². The minimum Gasteiger partial charge on any atom is -0.353 e. The monoisotopic (exact) mass is 452 g/mol. The summed E-state index contributed by atoms with van der Waals surface area (Å²) in [7, 11) is 0. The summed E-state index contributed by atoms with van der Waals surface area (Å²) >= 11 is 11.8. The maximum absolute atomic E-state index is 12.4. The maximum atomic E-state index is 12.4. The highest BCUT2D eigenvalue weighted by molar-refractivity contribution is 6.42. The molecule has 0 saturated carbocycles. The van der Waals surface area contributed by atoms with Crippen LogP contribution in [0.1, 0.15) is 31.7 Å². The van der Waals surface area contributed by atoms with E-state index >= 15 is 0 Å². The molecule has 1 aliphatic heterocycles. The number of rotatable bonds is 8. The number of benzene rings is 1. The molecular weight excluding hydrogens is 432 g/mol. The number of carbonyl (C=O) groups is 3. The summed E-state index contributed by atoms with van der Waals surface area (Å²) in [6.45, 7) is 1.36. The van der Waals surface area contributed by atoms with Crippen LogP contribution in [-0.2, 0) is 20.8 Å². The largest absolute Gasteiger partial charge is 0.389 e. The Morgan fingerprint density at radius 2 is 1.97 bits per heavy atom. The van der Waals surface area contributed by atoms with Gasteiger partial charge in [0.2, 0.25) is 11.7 Å². The van der Waals surface area contributed by atoms with Crippen molar-refractivity contribution < 1.29 is 27.6 Å². The lowest BCUT2D eigenvalue weighted by atomic mass is 10.0. The normalized spacial score (nSPS) is 18.3. The zero-order chi connectivity index (χ0) is 21.8. The third-order valence-electron chi connectivity index (χ3n) is 4.66. The molecule has 0 spiro atoms. The Balaban J connectivity index is 1.83. The first-order valence-corrected chi connectivity index (χ1v) is 9.87. The van der Waals surface area contributed by atoms with Crippen molar-refractivity contribution in [3.8, 4) is 0 Å². The van der Waals surface area contributed by atoms with Crippen molar-refractivity contribution in [1.82, 2.24) is 10.2 Å². The van der Waals surface area contributed by atoms with E-state index in [0.717, 1.165) is 10.5 Å². The van der Waals surface area contributed by atoms with Crippen LogP contribution >= 0.6 is 23.2 Å². The van der Waals surface area contributed by atoms with Gasteiger partial charge in [0, 0.05) is 25.6 Å². The Hall–Kier alpha value is -1.80. The summed E-state index contributed by atoms with van der Waals surface area (Å²) in [6.07, 6.45) is -4.51. The van der Waals surface area contributed by atoms with E-state index in [9.17, 15) is 27.6 Å². The lowest BCUT2D eigenvalue weighted by Gasteiger charge is -2.18. The average Bonchev–Trinajstić information content (AvgIpc) is 2.90. The van der Waals surface area contributed by atoms with Crippen LogP contribution in [0.15, 0.2) is 18.2 Å². The molecule has 0 bridgehead atoms. The Morgan fingerprint density at radius 3 is 2.59 bits per heavy atom. The molecule has 2 amide bonds. The molecule has 1 aromatic carbocycles. The maximum Gasteiger partial charge on any atom is 0.389 e. The molecular formula is C19H21Cl2F3N2O3. The summed E-state index contributed by atoms with van der Waals surface area (Å²) in [5, 5.41) is 3.57. The number of halogens is 5. The first kappa shape index (κ1) is 23.5. The van der Waals surface area contributed by atoms with Gasteiger partial charge in [0.05, 0.1) is 10.0 Å². The molecule has 160 valence electrons.